The number of nitrogens with zero attached hydrogens (tertiary/aromatic N) is 2. The molecule has 3 aromatic carbocycles. The molecule has 0 bridgehead atoms. The summed E-state index contributed by atoms with van der Waals surface area (Å²) in [6.07, 6.45) is 1.74. The molecule has 6 heteroatoms. The first-order chi connectivity index (χ1) is 15.5. The number of hydrogen-bond acceptors (Lipinski definition) is 3. The lowest BCUT2D eigenvalue weighted by atomic mass is 10.00. The molecule has 4 nitrogen and oxygen atoms in total. The summed E-state index contributed by atoms with van der Waals surface area (Å²) in [5, 5.41) is 1.35. The monoisotopic (exact) mass is 468 g/mol. The van der Waals surface area contributed by atoms with E-state index in [2.05, 4.69) is 11.0 Å². The molecule has 0 spiro atoms. The minimum absolute atomic E-state index is 0.0506. The highest BCUT2D eigenvalue weighted by Gasteiger charge is 2.30. The summed E-state index contributed by atoms with van der Waals surface area (Å²) in [4.78, 5) is 17.9. The third-order valence-electron chi connectivity index (χ3n) is 5.90. The molecule has 3 aromatic rings. The molecule has 0 N–H and O–H groups in total. The first-order valence-electron chi connectivity index (χ1n) is 10.7. The number of ether oxygens (including phenoxy) is 1. The molecule has 1 aliphatic rings. The first kappa shape index (κ1) is 22.7. The van der Waals surface area contributed by atoms with Crippen LogP contribution in [0.5, 0.6) is 5.75 Å². The van der Waals surface area contributed by atoms with Crippen molar-refractivity contribution >= 4 is 34.8 Å². The maximum Gasteiger partial charge on any atom is 0.258 e. The zero-order valence-electron chi connectivity index (χ0n) is 18.0. The Balaban J connectivity index is 1.55. The quantitative estimate of drug-likeness (QED) is 0.424. The number of carbonyl (C=O) groups excluding carboxylic acids is 1. The summed E-state index contributed by atoms with van der Waals surface area (Å²) in [5.74, 6) is 0.674. The summed E-state index contributed by atoms with van der Waals surface area (Å²) in [6.45, 7) is 2.59. The van der Waals surface area contributed by atoms with Gasteiger partial charge >= 0.3 is 0 Å². The van der Waals surface area contributed by atoms with Crippen molar-refractivity contribution in [1.82, 2.24) is 4.90 Å². The second-order valence-corrected chi connectivity index (χ2v) is 8.83. The molecular formula is C26H26Cl2N2O2. The average Bonchev–Trinajstić information content (AvgIpc) is 2.82. The van der Waals surface area contributed by atoms with E-state index in [4.69, 9.17) is 27.9 Å². The van der Waals surface area contributed by atoms with Crippen molar-refractivity contribution in [3.63, 3.8) is 0 Å². The predicted octanol–water partition coefficient (Wildman–Crippen LogP) is 6.31. The molecule has 0 aliphatic carbocycles. The number of likely N-dealkylation sites (tertiary alicyclic amines) is 1. The Kier molecular flexibility index (Phi) is 7.36. The van der Waals surface area contributed by atoms with Gasteiger partial charge in [-0.25, -0.2) is 0 Å². The Morgan fingerprint density at radius 1 is 1.00 bits per heavy atom. The zero-order chi connectivity index (χ0) is 22.5. The average molecular weight is 469 g/mol. The van der Waals surface area contributed by atoms with Crippen LogP contribution < -0.4 is 9.64 Å². The predicted molar refractivity (Wildman–Crippen MR) is 131 cm³/mol. The maximum atomic E-state index is 13.6. The van der Waals surface area contributed by atoms with Gasteiger partial charge in [0.05, 0.1) is 7.11 Å². The largest absolute Gasteiger partial charge is 0.497 e. The molecule has 1 aliphatic heterocycles. The van der Waals surface area contributed by atoms with Crippen molar-refractivity contribution in [3.8, 4) is 5.75 Å². The Morgan fingerprint density at radius 3 is 2.47 bits per heavy atom. The number of hydrogen-bond donors (Lipinski definition) is 0. The normalized spacial score (nSPS) is 14.8. The molecule has 1 saturated heterocycles. The van der Waals surface area contributed by atoms with Crippen LogP contribution in [0.3, 0.4) is 0 Å². The van der Waals surface area contributed by atoms with E-state index in [1.807, 2.05) is 59.5 Å². The van der Waals surface area contributed by atoms with Gasteiger partial charge in [0.25, 0.3) is 5.91 Å². The number of carbonyl (C=O) groups is 1. The topological polar surface area (TPSA) is 32.8 Å². The number of rotatable bonds is 6. The molecule has 0 atom stereocenters. The lowest BCUT2D eigenvalue weighted by Gasteiger charge is -2.39. The van der Waals surface area contributed by atoms with Crippen molar-refractivity contribution in [2.24, 2.45) is 0 Å². The van der Waals surface area contributed by atoms with Gasteiger partial charge in [-0.05, 0) is 54.8 Å². The second kappa shape index (κ2) is 10.4. The SMILES string of the molecule is COc1cccc(N(C(=O)c2cccc(Cl)c2)C2CCN(Cc3ccccc3Cl)CC2)c1. The van der Waals surface area contributed by atoms with Crippen LogP contribution in [-0.4, -0.2) is 37.0 Å². The van der Waals surface area contributed by atoms with E-state index < -0.39 is 0 Å². The van der Waals surface area contributed by atoms with Crippen LogP contribution in [0.1, 0.15) is 28.8 Å². The number of amides is 1. The Morgan fingerprint density at radius 2 is 1.75 bits per heavy atom. The van der Waals surface area contributed by atoms with Crippen molar-refractivity contribution in [3.05, 3.63) is 94.0 Å². The first-order valence-corrected chi connectivity index (χ1v) is 11.5. The molecule has 1 amide bonds. The van der Waals surface area contributed by atoms with E-state index in [0.717, 1.165) is 54.5 Å². The molecule has 166 valence electrons. The van der Waals surface area contributed by atoms with Gasteiger partial charge in [-0.1, -0.05) is 53.5 Å². The van der Waals surface area contributed by atoms with E-state index in [0.29, 0.717) is 10.6 Å². The van der Waals surface area contributed by atoms with Crippen LogP contribution in [0.15, 0.2) is 72.8 Å². The number of halogens is 2. The van der Waals surface area contributed by atoms with Crippen molar-refractivity contribution in [2.75, 3.05) is 25.1 Å². The zero-order valence-corrected chi connectivity index (χ0v) is 19.5. The minimum atomic E-state index is -0.0506. The van der Waals surface area contributed by atoms with Crippen LogP contribution in [0, 0.1) is 0 Å². The smallest absolute Gasteiger partial charge is 0.258 e. The highest BCUT2D eigenvalue weighted by molar-refractivity contribution is 6.31. The van der Waals surface area contributed by atoms with Gasteiger partial charge in [0.15, 0.2) is 0 Å². The third kappa shape index (κ3) is 5.26. The van der Waals surface area contributed by atoms with E-state index in [1.165, 1.54) is 0 Å². The van der Waals surface area contributed by atoms with Gasteiger partial charge in [0.2, 0.25) is 0 Å². The van der Waals surface area contributed by atoms with Crippen LogP contribution in [0.2, 0.25) is 10.0 Å². The van der Waals surface area contributed by atoms with E-state index in [-0.39, 0.29) is 11.9 Å². The summed E-state index contributed by atoms with van der Waals surface area (Å²) in [6, 6.07) is 22.8. The lowest BCUT2D eigenvalue weighted by Crippen LogP contribution is -2.47. The number of methoxy groups -OCH3 is 1. The van der Waals surface area contributed by atoms with Gasteiger partial charge in [0.1, 0.15) is 5.75 Å². The standard InChI is InChI=1S/C26H26Cl2N2O2/c1-32-24-10-5-9-23(17-24)30(26(31)19-7-4-8-21(27)16-19)22-12-14-29(15-13-22)18-20-6-2-3-11-25(20)28/h2-11,16-17,22H,12-15,18H2,1H3. The van der Waals surface area contributed by atoms with Gasteiger partial charge in [0, 0.05) is 53.0 Å². The highest BCUT2D eigenvalue weighted by atomic mass is 35.5. The fraction of sp³-hybridized carbons (Fsp3) is 0.269. The van der Waals surface area contributed by atoms with Gasteiger partial charge in [-0.15, -0.1) is 0 Å². The molecular weight excluding hydrogens is 443 g/mol. The fourth-order valence-electron chi connectivity index (χ4n) is 4.22. The molecule has 1 fully saturated rings. The van der Waals surface area contributed by atoms with Crippen LogP contribution in [0.4, 0.5) is 5.69 Å². The lowest BCUT2D eigenvalue weighted by molar-refractivity contribution is 0.0958. The number of piperidine rings is 1. The Bertz CT molecular complexity index is 1080. The minimum Gasteiger partial charge on any atom is -0.497 e. The summed E-state index contributed by atoms with van der Waals surface area (Å²) in [5.41, 5.74) is 2.55. The van der Waals surface area contributed by atoms with Gasteiger partial charge in [-0.3, -0.25) is 9.69 Å². The van der Waals surface area contributed by atoms with Crippen LogP contribution in [0.25, 0.3) is 0 Å². The van der Waals surface area contributed by atoms with Crippen molar-refractivity contribution in [1.29, 1.82) is 0 Å². The maximum absolute atomic E-state index is 13.6. The number of benzene rings is 3. The molecule has 0 saturated carbocycles. The second-order valence-electron chi connectivity index (χ2n) is 7.99. The fourth-order valence-corrected chi connectivity index (χ4v) is 4.60. The van der Waals surface area contributed by atoms with Crippen LogP contribution >= 0.6 is 23.2 Å². The Hall–Kier alpha value is -2.53. The van der Waals surface area contributed by atoms with Crippen molar-refractivity contribution < 1.29 is 9.53 Å². The van der Waals surface area contributed by atoms with Crippen molar-refractivity contribution in [2.45, 2.75) is 25.4 Å². The van der Waals surface area contributed by atoms with Gasteiger partial charge in [-0.2, -0.15) is 0 Å². The molecule has 4 rings (SSSR count). The van der Waals surface area contributed by atoms with E-state index in [9.17, 15) is 4.79 Å². The summed E-state index contributed by atoms with van der Waals surface area (Å²) >= 11 is 12.5. The molecule has 0 radical (unpaired) electrons. The third-order valence-corrected chi connectivity index (χ3v) is 6.50. The van der Waals surface area contributed by atoms with E-state index in [1.54, 1.807) is 19.2 Å². The van der Waals surface area contributed by atoms with Gasteiger partial charge < -0.3 is 9.64 Å². The van der Waals surface area contributed by atoms with E-state index >= 15 is 0 Å². The number of anilines is 1. The molecule has 32 heavy (non-hydrogen) atoms. The van der Waals surface area contributed by atoms with Crippen LogP contribution in [-0.2, 0) is 6.54 Å². The molecule has 0 aromatic heterocycles. The molecule has 0 unspecified atom stereocenters. The summed E-state index contributed by atoms with van der Waals surface area (Å²) in [7, 11) is 1.63. The Labute approximate surface area is 199 Å². The molecule has 1 heterocycles. The summed E-state index contributed by atoms with van der Waals surface area (Å²) < 4.78 is 5.41. The highest BCUT2D eigenvalue weighted by Crippen LogP contribution is 2.30.